The topological polar surface area (TPSA) is 77.8 Å². The second-order valence-corrected chi connectivity index (χ2v) is 18.8. The molecule has 0 amide bonds. The minimum absolute atomic E-state index is 0.0346. The van der Waals surface area contributed by atoms with Crippen molar-refractivity contribution in [3.63, 3.8) is 0 Å². The highest BCUT2D eigenvalue weighted by Gasteiger charge is 2.49. The minimum atomic E-state index is -0.510. The largest absolute Gasteiger partial charge is 0.494 e. The van der Waals surface area contributed by atoms with Crippen LogP contribution in [0.25, 0.3) is 11.6 Å². The normalized spacial score (nSPS) is 14.5. The van der Waals surface area contributed by atoms with Crippen LogP contribution in [0.2, 0.25) is 0 Å². The summed E-state index contributed by atoms with van der Waals surface area (Å²) < 4.78 is 22.4. The molecule has 2 aromatic rings. The summed E-state index contributed by atoms with van der Waals surface area (Å²) in [6, 6.07) is 15.7. The minimum Gasteiger partial charge on any atom is -0.494 e. The molecule has 6 nitrogen and oxygen atoms in total. The number of hydrogen-bond acceptors (Lipinski definition) is 6. The quantitative estimate of drug-likeness (QED) is 0.0350. The second kappa shape index (κ2) is 17.8. The number of nitrogens with zero attached hydrogens (tertiary/aromatic N) is 1. The highest BCUT2D eigenvalue weighted by Crippen LogP contribution is 2.47. The summed E-state index contributed by atoms with van der Waals surface area (Å²) in [6.07, 6.45) is 13.0. The zero-order chi connectivity index (χ0) is 32.9. The number of unbranched alkanes of at least 4 members (excludes halogenated alkanes) is 8. The zero-order valence-corrected chi connectivity index (χ0v) is 31.9. The van der Waals surface area contributed by atoms with Crippen LogP contribution in [0.5, 0.6) is 17.2 Å². The van der Waals surface area contributed by atoms with Gasteiger partial charge in [-0.15, -0.1) is 0 Å². The van der Waals surface area contributed by atoms with Crippen molar-refractivity contribution in [2.75, 3.05) is 20.0 Å². The van der Waals surface area contributed by atoms with E-state index in [1.54, 1.807) is 0 Å². The van der Waals surface area contributed by atoms with Gasteiger partial charge in [0.05, 0.1) is 30.3 Å². The van der Waals surface area contributed by atoms with Crippen LogP contribution in [0, 0.1) is 16.7 Å². The number of carbonyl (C=O) groups is 1. The number of fused-ring (bicyclic) bond motifs is 1. The smallest absolute Gasteiger partial charge is 0.313 e. The first kappa shape index (κ1) is 37.5. The first-order valence-electron chi connectivity index (χ1n) is 16.1. The Hall–Kier alpha value is -2.00. The molecule has 0 aromatic heterocycles. The molecule has 0 spiro atoms. The molecule has 0 saturated carbocycles. The van der Waals surface area contributed by atoms with Crippen molar-refractivity contribution >= 4 is 62.8 Å². The highest BCUT2D eigenvalue weighted by atomic mass is 127. The van der Waals surface area contributed by atoms with Crippen LogP contribution in [0.15, 0.2) is 42.5 Å². The van der Waals surface area contributed by atoms with Crippen LogP contribution in [0.4, 0.5) is 0 Å². The summed E-state index contributed by atoms with van der Waals surface area (Å²) in [5, 5.41) is 9.70. The van der Waals surface area contributed by atoms with Crippen LogP contribution in [-0.2, 0) is 9.53 Å². The van der Waals surface area contributed by atoms with Gasteiger partial charge >= 0.3 is 5.97 Å². The molecule has 0 saturated heterocycles. The van der Waals surface area contributed by atoms with Gasteiger partial charge < -0.3 is 18.9 Å². The monoisotopic (exact) mass is 841 g/mol. The van der Waals surface area contributed by atoms with Gasteiger partial charge in [-0.3, -0.25) is 4.79 Å². The Labute approximate surface area is 297 Å². The molecule has 8 heteroatoms. The molecule has 3 rings (SSSR count). The lowest BCUT2D eigenvalue weighted by molar-refractivity contribution is -0.157. The first-order chi connectivity index (χ1) is 21.3. The summed E-state index contributed by atoms with van der Waals surface area (Å²) in [5.74, 6) is 2.19. The zero-order valence-electron chi connectivity index (χ0n) is 27.6. The molecule has 45 heavy (non-hydrogen) atoms. The van der Waals surface area contributed by atoms with Crippen LogP contribution >= 0.6 is 45.2 Å². The summed E-state index contributed by atoms with van der Waals surface area (Å²) in [5.41, 5.74) is 1.81. The molecule has 0 fully saturated rings. The van der Waals surface area contributed by atoms with Crippen LogP contribution < -0.4 is 14.2 Å². The maximum absolute atomic E-state index is 13.0. The van der Waals surface area contributed by atoms with E-state index >= 15 is 0 Å². The van der Waals surface area contributed by atoms with Crippen molar-refractivity contribution in [1.29, 1.82) is 5.26 Å². The summed E-state index contributed by atoms with van der Waals surface area (Å²) in [7, 11) is 0. The van der Waals surface area contributed by atoms with E-state index in [4.69, 9.17) is 18.9 Å². The molecule has 0 bridgehead atoms. The van der Waals surface area contributed by atoms with E-state index in [0.717, 1.165) is 54.7 Å². The molecule has 1 unspecified atom stereocenters. The predicted molar refractivity (Wildman–Crippen MR) is 199 cm³/mol. The Morgan fingerprint density at radius 3 is 2.00 bits per heavy atom. The molecule has 1 aliphatic rings. The summed E-state index contributed by atoms with van der Waals surface area (Å²) in [6.45, 7) is 12.1. The summed E-state index contributed by atoms with van der Waals surface area (Å²) >= 11 is 4.82. The first-order valence-corrected chi connectivity index (χ1v) is 18.3. The molecule has 0 N–H and O–H groups in total. The standard InChI is InChI=1S/C37H49I2NO5/c1-35(2,38)26-37(5,36(3,4)39)34(41)43-22-14-12-10-8-6-7-9-11-13-21-42-31-18-16-29(17-19-31)30(25-40)23-28-15-20-32-33(24-28)45-27-44-32/h15-20,23-24H,6-14,21-22,26-27H2,1-5H3/b30-23+. The fraction of sp³-hybridized carbons (Fsp3) is 0.568. The lowest BCUT2D eigenvalue weighted by Crippen LogP contribution is -2.47. The maximum atomic E-state index is 13.0. The SMILES string of the molecule is CC(C)(I)CC(C)(C(=O)OCCCCCCCCCCCOc1ccc(/C(C#N)=C/c2ccc3c(c2)OCO3)cc1)C(C)(C)I. The van der Waals surface area contributed by atoms with Crippen LogP contribution in [-0.4, -0.2) is 32.8 Å². The van der Waals surface area contributed by atoms with Gasteiger partial charge in [0, 0.05) is 6.84 Å². The van der Waals surface area contributed by atoms with Gasteiger partial charge in [0.15, 0.2) is 11.5 Å². The van der Waals surface area contributed by atoms with E-state index in [2.05, 4.69) is 85.9 Å². The van der Waals surface area contributed by atoms with Crippen LogP contribution in [0.1, 0.15) is 110 Å². The third kappa shape index (κ3) is 12.3. The van der Waals surface area contributed by atoms with Crippen molar-refractivity contribution in [2.24, 2.45) is 5.41 Å². The predicted octanol–water partition coefficient (Wildman–Crippen LogP) is 10.7. The Kier molecular flexibility index (Phi) is 14.8. The van der Waals surface area contributed by atoms with Crippen molar-refractivity contribution < 1.29 is 23.7 Å². The van der Waals surface area contributed by atoms with Crippen molar-refractivity contribution in [3.8, 4) is 23.3 Å². The van der Waals surface area contributed by atoms with Crippen molar-refractivity contribution in [1.82, 2.24) is 0 Å². The van der Waals surface area contributed by atoms with Gasteiger partial charge in [0.2, 0.25) is 6.79 Å². The number of benzene rings is 2. The number of ether oxygens (including phenoxy) is 4. The number of allylic oxidation sites excluding steroid dienone is 1. The van der Waals surface area contributed by atoms with Gasteiger partial charge in [-0.25, -0.2) is 0 Å². The number of halogens is 2. The molecule has 1 atom stereocenters. The lowest BCUT2D eigenvalue weighted by Gasteiger charge is -2.41. The van der Waals surface area contributed by atoms with Crippen molar-refractivity contribution in [2.45, 2.75) is 106 Å². The molecule has 246 valence electrons. The third-order valence-corrected chi connectivity index (χ3v) is 9.89. The number of esters is 1. The highest BCUT2D eigenvalue weighted by molar-refractivity contribution is 14.1. The summed E-state index contributed by atoms with van der Waals surface area (Å²) in [4.78, 5) is 13.0. The fourth-order valence-electron chi connectivity index (χ4n) is 5.40. The number of alkyl halides is 2. The molecular formula is C37H49I2NO5. The van der Waals surface area contributed by atoms with E-state index in [0.29, 0.717) is 24.5 Å². The molecule has 0 aliphatic carbocycles. The van der Waals surface area contributed by atoms with Crippen LogP contribution in [0.3, 0.4) is 0 Å². The van der Waals surface area contributed by atoms with E-state index < -0.39 is 5.41 Å². The van der Waals surface area contributed by atoms with Gasteiger partial charge in [0.1, 0.15) is 5.75 Å². The van der Waals surface area contributed by atoms with Gasteiger partial charge in [-0.1, -0.05) is 110 Å². The molecule has 0 radical (unpaired) electrons. The Bertz CT molecular complexity index is 1300. The average Bonchev–Trinajstić information content (AvgIpc) is 3.45. The van der Waals surface area contributed by atoms with Gasteiger partial charge in [0.25, 0.3) is 0 Å². The maximum Gasteiger partial charge on any atom is 0.313 e. The van der Waals surface area contributed by atoms with E-state index in [1.807, 2.05) is 48.5 Å². The Morgan fingerprint density at radius 2 is 1.42 bits per heavy atom. The average molecular weight is 842 g/mol. The van der Waals surface area contributed by atoms with E-state index in [-0.39, 0.29) is 19.6 Å². The molecule has 1 aliphatic heterocycles. The van der Waals surface area contributed by atoms with E-state index in [1.165, 1.54) is 32.1 Å². The number of nitriles is 1. The molecule has 1 heterocycles. The Balaban J connectivity index is 1.23. The van der Waals surface area contributed by atoms with E-state index in [9.17, 15) is 10.1 Å². The second-order valence-electron chi connectivity index (χ2n) is 13.2. The lowest BCUT2D eigenvalue weighted by atomic mass is 9.73. The number of rotatable bonds is 19. The van der Waals surface area contributed by atoms with Gasteiger partial charge in [-0.2, -0.15) is 5.26 Å². The van der Waals surface area contributed by atoms with Gasteiger partial charge in [-0.05, 0) is 93.6 Å². The fourth-order valence-corrected chi connectivity index (χ4v) is 6.58. The Morgan fingerprint density at radius 1 is 0.844 bits per heavy atom. The third-order valence-electron chi connectivity index (χ3n) is 8.32. The number of carbonyl (C=O) groups excluding carboxylic acids is 1. The van der Waals surface area contributed by atoms with Crippen molar-refractivity contribution in [3.05, 3.63) is 53.6 Å². The molecular weight excluding hydrogens is 792 g/mol. The number of hydrogen-bond donors (Lipinski definition) is 0. The molecule has 2 aromatic carbocycles.